The maximum atomic E-state index is 13.4. The summed E-state index contributed by atoms with van der Waals surface area (Å²) in [5.74, 6) is 2.41. The van der Waals surface area contributed by atoms with Gasteiger partial charge in [0.1, 0.15) is 19.0 Å². The number of nitrogens with one attached hydrogen (secondary N) is 1. The average Bonchev–Trinajstić information content (AvgIpc) is 3.06. The van der Waals surface area contributed by atoms with E-state index in [1.54, 1.807) is 0 Å². The smallest absolute Gasteiger partial charge is 0.237 e. The number of amides is 1. The molecule has 0 saturated carbocycles. The van der Waals surface area contributed by atoms with Crippen LogP contribution >= 0.6 is 0 Å². The third-order valence-corrected chi connectivity index (χ3v) is 8.42. The van der Waals surface area contributed by atoms with Gasteiger partial charge in [0.05, 0.1) is 6.04 Å². The molecule has 6 heteroatoms. The van der Waals surface area contributed by atoms with E-state index in [1.807, 2.05) is 48.5 Å². The van der Waals surface area contributed by atoms with E-state index in [1.165, 1.54) is 11.1 Å². The van der Waals surface area contributed by atoms with Crippen molar-refractivity contribution in [3.05, 3.63) is 125 Å². The molecule has 0 saturated heterocycles. The van der Waals surface area contributed by atoms with Crippen LogP contribution in [0.1, 0.15) is 66.7 Å². The standard InChI is InChI=1S/C37H40N2O4/c1-3-19-38-37(40)33-20-29-21-34-35(22-30(29)23-39(33)32(4-2)27-13-9-6-10-14-27)43-36(25-42-34)28-15-17-31(18-16-28)41-24-26-11-7-5-8-12-26/h5-18,21-22,32-33,36H,3-4,19-20,23-25H2,1-2H3,(H,38,40)/t32-,33-,36+/m0/s1. The summed E-state index contributed by atoms with van der Waals surface area (Å²) < 4.78 is 18.7. The lowest BCUT2D eigenvalue weighted by atomic mass is 9.89. The van der Waals surface area contributed by atoms with Crippen molar-refractivity contribution >= 4 is 5.91 Å². The van der Waals surface area contributed by atoms with Gasteiger partial charge in [-0.2, -0.15) is 0 Å². The molecule has 0 aliphatic carbocycles. The maximum absolute atomic E-state index is 13.4. The highest BCUT2D eigenvalue weighted by Gasteiger charge is 2.37. The number of benzene rings is 4. The van der Waals surface area contributed by atoms with Crippen molar-refractivity contribution in [1.82, 2.24) is 10.2 Å². The quantitative estimate of drug-likeness (QED) is 0.217. The molecule has 0 aromatic heterocycles. The fourth-order valence-corrected chi connectivity index (χ4v) is 6.13. The highest BCUT2D eigenvalue weighted by molar-refractivity contribution is 5.82. The monoisotopic (exact) mass is 576 g/mol. The zero-order chi connectivity index (χ0) is 29.6. The summed E-state index contributed by atoms with van der Waals surface area (Å²) in [6.45, 7) is 6.58. The van der Waals surface area contributed by atoms with E-state index in [-0.39, 0.29) is 24.1 Å². The first-order valence-corrected chi connectivity index (χ1v) is 15.4. The van der Waals surface area contributed by atoms with Gasteiger partial charge in [0.2, 0.25) is 5.91 Å². The number of rotatable bonds is 10. The molecule has 0 unspecified atom stereocenters. The van der Waals surface area contributed by atoms with Crippen LogP contribution < -0.4 is 19.5 Å². The van der Waals surface area contributed by atoms with E-state index < -0.39 is 0 Å². The van der Waals surface area contributed by atoms with Crippen molar-refractivity contribution < 1.29 is 19.0 Å². The molecule has 6 nitrogen and oxygen atoms in total. The summed E-state index contributed by atoms with van der Waals surface area (Å²) in [4.78, 5) is 15.8. The first-order chi connectivity index (χ1) is 21.1. The zero-order valence-electron chi connectivity index (χ0n) is 25.0. The van der Waals surface area contributed by atoms with Crippen molar-refractivity contribution in [3.63, 3.8) is 0 Å². The summed E-state index contributed by atoms with van der Waals surface area (Å²) in [5.41, 5.74) is 5.74. The van der Waals surface area contributed by atoms with Gasteiger partial charge in [-0.25, -0.2) is 0 Å². The lowest BCUT2D eigenvalue weighted by Gasteiger charge is -2.41. The molecular formula is C37H40N2O4. The molecular weight excluding hydrogens is 536 g/mol. The predicted molar refractivity (Wildman–Crippen MR) is 168 cm³/mol. The van der Waals surface area contributed by atoms with Gasteiger partial charge >= 0.3 is 0 Å². The lowest BCUT2D eigenvalue weighted by molar-refractivity contribution is -0.128. The van der Waals surface area contributed by atoms with Crippen LogP contribution in [0, 0.1) is 0 Å². The van der Waals surface area contributed by atoms with E-state index in [2.05, 4.69) is 72.6 Å². The molecule has 1 N–H and O–H groups in total. The minimum Gasteiger partial charge on any atom is -0.489 e. The van der Waals surface area contributed by atoms with Crippen LogP contribution in [0.15, 0.2) is 97.1 Å². The van der Waals surface area contributed by atoms with Gasteiger partial charge in [-0.1, -0.05) is 86.6 Å². The Hall–Kier alpha value is -4.29. The second-order valence-electron chi connectivity index (χ2n) is 11.3. The van der Waals surface area contributed by atoms with Crippen molar-refractivity contribution in [2.75, 3.05) is 13.2 Å². The topological polar surface area (TPSA) is 60.0 Å². The van der Waals surface area contributed by atoms with Crippen LogP contribution in [-0.4, -0.2) is 30.0 Å². The SMILES string of the molecule is CCCNC(=O)[C@@H]1Cc2cc3c(cc2CN1[C@@H](CC)c1ccccc1)O[C@@H](c1ccc(OCc2ccccc2)cc1)CO3. The third-order valence-electron chi connectivity index (χ3n) is 8.42. The van der Waals surface area contributed by atoms with Crippen molar-refractivity contribution in [2.45, 2.75) is 64.4 Å². The highest BCUT2D eigenvalue weighted by Crippen LogP contribution is 2.42. The van der Waals surface area contributed by atoms with Gasteiger partial charge in [0.25, 0.3) is 0 Å². The number of carbonyl (C=O) groups is 1. The van der Waals surface area contributed by atoms with Crippen molar-refractivity contribution in [2.24, 2.45) is 0 Å². The van der Waals surface area contributed by atoms with Gasteiger partial charge in [0, 0.05) is 19.1 Å². The molecule has 0 fully saturated rings. The van der Waals surface area contributed by atoms with Gasteiger partial charge in [-0.05, 0) is 71.3 Å². The minimum atomic E-state index is -0.248. The van der Waals surface area contributed by atoms with Crippen LogP contribution in [0.2, 0.25) is 0 Å². The summed E-state index contributed by atoms with van der Waals surface area (Å²) in [6, 6.07) is 32.8. The zero-order valence-corrected chi connectivity index (χ0v) is 25.0. The lowest BCUT2D eigenvalue weighted by Crippen LogP contribution is -2.51. The largest absolute Gasteiger partial charge is 0.489 e. The fraction of sp³-hybridized carbons (Fsp3) is 0.324. The molecule has 6 rings (SSSR count). The number of fused-ring (bicyclic) bond motifs is 2. The van der Waals surface area contributed by atoms with Crippen LogP contribution in [0.5, 0.6) is 17.2 Å². The second-order valence-corrected chi connectivity index (χ2v) is 11.3. The van der Waals surface area contributed by atoms with Gasteiger partial charge < -0.3 is 19.5 Å². The molecule has 222 valence electrons. The van der Waals surface area contributed by atoms with E-state index >= 15 is 0 Å². The van der Waals surface area contributed by atoms with E-state index in [0.717, 1.165) is 46.8 Å². The molecule has 2 aliphatic heterocycles. The molecule has 4 aromatic carbocycles. The Morgan fingerprint density at radius 1 is 0.930 bits per heavy atom. The molecule has 0 bridgehead atoms. The van der Waals surface area contributed by atoms with Crippen LogP contribution in [0.25, 0.3) is 0 Å². The predicted octanol–water partition coefficient (Wildman–Crippen LogP) is 7.18. The van der Waals surface area contributed by atoms with Crippen molar-refractivity contribution in [1.29, 1.82) is 0 Å². The van der Waals surface area contributed by atoms with Crippen LogP contribution in [0.3, 0.4) is 0 Å². The fourth-order valence-electron chi connectivity index (χ4n) is 6.13. The Bertz CT molecular complexity index is 1510. The molecule has 1 amide bonds. The number of carbonyl (C=O) groups excluding carboxylic acids is 1. The average molecular weight is 577 g/mol. The Labute approximate surface area is 254 Å². The summed E-state index contributed by atoms with van der Waals surface area (Å²) in [6.07, 6.45) is 2.25. The first-order valence-electron chi connectivity index (χ1n) is 15.4. The van der Waals surface area contributed by atoms with E-state index in [4.69, 9.17) is 14.2 Å². The molecule has 4 aromatic rings. The molecule has 0 spiro atoms. The number of ether oxygens (including phenoxy) is 3. The minimum absolute atomic E-state index is 0.0908. The normalized spacial score (nSPS) is 18.4. The first kappa shape index (κ1) is 28.8. The molecule has 2 heterocycles. The molecule has 0 radical (unpaired) electrons. The Morgan fingerprint density at radius 3 is 2.37 bits per heavy atom. The Kier molecular flexibility index (Phi) is 8.94. The molecule has 3 atom stereocenters. The van der Waals surface area contributed by atoms with Gasteiger partial charge in [-0.3, -0.25) is 9.69 Å². The third kappa shape index (κ3) is 6.55. The number of hydrogen-bond acceptors (Lipinski definition) is 5. The maximum Gasteiger partial charge on any atom is 0.237 e. The summed E-state index contributed by atoms with van der Waals surface area (Å²) >= 11 is 0. The Balaban J connectivity index is 1.20. The summed E-state index contributed by atoms with van der Waals surface area (Å²) in [5, 5.41) is 3.15. The second kappa shape index (κ2) is 13.3. The number of hydrogen-bond donors (Lipinski definition) is 1. The van der Waals surface area contributed by atoms with Crippen LogP contribution in [0.4, 0.5) is 0 Å². The molecule has 43 heavy (non-hydrogen) atoms. The van der Waals surface area contributed by atoms with E-state index in [0.29, 0.717) is 32.7 Å². The van der Waals surface area contributed by atoms with Crippen molar-refractivity contribution in [3.8, 4) is 17.2 Å². The highest BCUT2D eigenvalue weighted by atomic mass is 16.6. The number of nitrogens with zero attached hydrogens (tertiary/aromatic N) is 1. The summed E-state index contributed by atoms with van der Waals surface area (Å²) in [7, 11) is 0. The van der Waals surface area contributed by atoms with Gasteiger partial charge in [0.15, 0.2) is 17.6 Å². The Morgan fingerprint density at radius 2 is 1.65 bits per heavy atom. The van der Waals surface area contributed by atoms with Crippen LogP contribution in [-0.2, 0) is 24.4 Å². The van der Waals surface area contributed by atoms with E-state index in [9.17, 15) is 4.79 Å². The van der Waals surface area contributed by atoms with Gasteiger partial charge in [-0.15, -0.1) is 0 Å². The molecule has 2 aliphatic rings.